The van der Waals surface area contributed by atoms with Crippen LogP contribution in [0.25, 0.3) is 0 Å². The number of benzene rings is 2. The van der Waals surface area contributed by atoms with Crippen LogP contribution in [0.2, 0.25) is 0 Å². The fourth-order valence-electron chi connectivity index (χ4n) is 3.74. The van der Waals surface area contributed by atoms with Crippen molar-refractivity contribution in [2.45, 2.75) is 32.4 Å². The number of aliphatic imine (C=N–C) groups is 1. The lowest BCUT2D eigenvalue weighted by Crippen LogP contribution is -2.58. The molecule has 168 valence electrons. The van der Waals surface area contributed by atoms with Gasteiger partial charge >= 0.3 is 0 Å². The van der Waals surface area contributed by atoms with E-state index in [1.165, 1.54) is 4.90 Å². The van der Waals surface area contributed by atoms with Gasteiger partial charge in [0.1, 0.15) is 5.75 Å². The highest BCUT2D eigenvalue weighted by Crippen LogP contribution is 2.37. The zero-order chi connectivity index (χ0) is 23.6. The SMILES string of the molecule is COc1ccc(C2=Nc3ccccc3N(C(=O)c3ccncc3)C2C(=O)NC(C)(C)C)cc1. The Balaban J connectivity index is 1.91. The molecule has 1 unspecified atom stereocenters. The Morgan fingerprint density at radius 3 is 2.27 bits per heavy atom. The van der Waals surface area contributed by atoms with Crippen molar-refractivity contribution >= 4 is 28.9 Å². The van der Waals surface area contributed by atoms with E-state index in [0.717, 1.165) is 5.56 Å². The lowest BCUT2D eigenvalue weighted by Gasteiger charge is -2.37. The molecule has 0 radical (unpaired) electrons. The van der Waals surface area contributed by atoms with Gasteiger partial charge in [-0.25, -0.2) is 4.99 Å². The quantitative estimate of drug-likeness (QED) is 0.658. The van der Waals surface area contributed by atoms with Crippen LogP contribution in [-0.2, 0) is 4.79 Å². The Hall–Kier alpha value is -4.00. The van der Waals surface area contributed by atoms with Crippen LogP contribution in [0.3, 0.4) is 0 Å². The van der Waals surface area contributed by atoms with E-state index in [0.29, 0.717) is 28.4 Å². The molecule has 4 rings (SSSR count). The Morgan fingerprint density at radius 1 is 0.970 bits per heavy atom. The highest BCUT2D eigenvalue weighted by atomic mass is 16.5. The number of hydrogen-bond donors (Lipinski definition) is 1. The number of aromatic nitrogens is 1. The maximum absolute atomic E-state index is 13.8. The molecule has 0 bridgehead atoms. The average Bonchev–Trinajstić information content (AvgIpc) is 2.82. The summed E-state index contributed by atoms with van der Waals surface area (Å²) in [6.07, 6.45) is 3.12. The molecule has 2 aromatic carbocycles. The average molecular weight is 443 g/mol. The number of carbonyl (C=O) groups excluding carboxylic acids is 2. The Labute approximate surface area is 193 Å². The summed E-state index contributed by atoms with van der Waals surface area (Å²) < 4.78 is 5.28. The summed E-state index contributed by atoms with van der Waals surface area (Å²) in [4.78, 5) is 37.8. The van der Waals surface area contributed by atoms with Crippen molar-refractivity contribution < 1.29 is 14.3 Å². The lowest BCUT2D eigenvalue weighted by atomic mass is 9.95. The molecule has 3 aromatic rings. The van der Waals surface area contributed by atoms with Crippen molar-refractivity contribution in [2.75, 3.05) is 12.0 Å². The topological polar surface area (TPSA) is 83.9 Å². The number of hydrogen-bond acceptors (Lipinski definition) is 5. The number of ether oxygens (including phenoxy) is 1. The van der Waals surface area contributed by atoms with E-state index in [1.807, 2.05) is 63.2 Å². The van der Waals surface area contributed by atoms with Crippen molar-refractivity contribution in [3.05, 3.63) is 84.2 Å². The van der Waals surface area contributed by atoms with Crippen LogP contribution in [0.1, 0.15) is 36.7 Å². The van der Waals surface area contributed by atoms with Gasteiger partial charge in [-0.15, -0.1) is 0 Å². The fourth-order valence-corrected chi connectivity index (χ4v) is 3.74. The molecule has 1 aromatic heterocycles. The van der Waals surface area contributed by atoms with Gasteiger partial charge in [0, 0.05) is 23.5 Å². The molecule has 1 aliphatic rings. The Morgan fingerprint density at radius 2 is 1.64 bits per heavy atom. The van der Waals surface area contributed by atoms with Crippen LogP contribution in [0, 0.1) is 0 Å². The molecular formula is C26H26N4O3. The molecule has 7 nitrogen and oxygen atoms in total. The second kappa shape index (κ2) is 8.86. The summed E-state index contributed by atoms with van der Waals surface area (Å²) in [6.45, 7) is 5.71. The molecule has 2 heterocycles. The monoisotopic (exact) mass is 442 g/mol. The third kappa shape index (κ3) is 4.62. The van der Waals surface area contributed by atoms with Gasteiger partial charge in [0.05, 0.1) is 24.2 Å². The predicted octanol–water partition coefficient (Wildman–Crippen LogP) is 4.15. The third-order valence-electron chi connectivity index (χ3n) is 5.18. The number of rotatable bonds is 4. The van der Waals surface area contributed by atoms with E-state index in [-0.39, 0.29) is 11.8 Å². The molecule has 1 N–H and O–H groups in total. The smallest absolute Gasteiger partial charge is 0.259 e. The van der Waals surface area contributed by atoms with Gasteiger partial charge in [-0.05, 0) is 74.9 Å². The van der Waals surface area contributed by atoms with Crippen LogP contribution in [0.4, 0.5) is 11.4 Å². The number of carbonyl (C=O) groups is 2. The first-order valence-electron chi connectivity index (χ1n) is 10.7. The van der Waals surface area contributed by atoms with Crippen LogP contribution >= 0.6 is 0 Å². The predicted molar refractivity (Wildman–Crippen MR) is 128 cm³/mol. The minimum absolute atomic E-state index is 0.306. The molecule has 1 aliphatic heterocycles. The summed E-state index contributed by atoms with van der Waals surface area (Å²) in [7, 11) is 1.60. The molecule has 0 aliphatic carbocycles. The highest BCUT2D eigenvalue weighted by Gasteiger charge is 2.41. The standard InChI is InChI=1S/C26H26N4O3/c1-26(2,3)29-24(31)23-22(17-9-11-19(33-4)12-10-17)28-20-7-5-6-8-21(20)30(23)25(32)18-13-15-27-16-14-18/h5-16,23H,1-4H3,(H,29,31). The molecule has 7 heteroatoms. The fraction of sp³-hybridized carbons (Fsp3) is 0.231. The number of para-hydroxylation sites is 2. The maximum Gasteiger partial charge on any atom is 0.259 e. The van der Waals surface area contributed by atoms with Crippen molar-refractivity contribution in [3.63, 3.8) is 0 Å². The number of fused-ring (bicyclic) bond motifs is 1. The first-order chi connectivity index (χ1) is 15.8. The van der Waals surface area contributed by atoms with Crippen molar-refractivity contribution in [2.24, 2.45) is 4.99 Å². The number of amides is 2. The molecule has 0 saturated carbocycles. The summed E-state index contributed by atoms with van der Waals surface area (Å²) in [6, 6.07) is 17.0. The number of nitrogens with one attached hydrogen (secondary N) is 1. The van der Waals surface area contributed by atoms with Crippen molar-refractivity contribution in [1.82, 2.24) is 10.3 Å². The lowest BCUT2D eigenvalue weighted by molar-refractivity contribution is -0.122. The van der Waals surface area contributed by atoms with E-state index in [1.54, 1.807) is 37.7 Å². The van der Waals surface area contributed by atoms with Crippen molar-refractivity contribution in [1.29, 1.82) is 0 Å². The van der Waals surface area contributed by atoms with E-state index >= 15 is 0 Å². The van der Waals surface area contributed by atoms with Gasteiger partial charge in [-0.3, -0.25) is 19.5 Å². The Bertz CT molecular complexity index is 1200. The van der Waals surface area contributed by atoms with Crippen LogP contribution in [0.15, 0.2) is 78.0 Å². The van der Waals surface area contributed by atoms with E-state index in [9.17, 15) is 9.59 Å². The van der Waals surface area contributed by atoms with E-state index in [4.69, 9.17) is 9.73 Å². The first-order valence-corrected chi connectivity index (χ1v) is 10.7. The van der Waals surface area contributed by atoms with Gasteiger partial charge in [0.2, 0.25) is 5.91 Å². The minimum atomic E-state index is -0.965. The summed E-state index contributed by atoms with van der Waals surface area (Å²) in [5, 5.41) is 3.03. The summed E-state index contributed by atoms with van der Waals surface area (Å²) in [5.41, 5.74) is 2.35. The zero-order valence-electron chi connectivity index (χ0n) is 19.1. The molecule has 1 atom stereocenters. The second-order valence-corrected chi connectivity index (χ2v) is 8.77. The highest BCUT2D eigenvalue weighted by molar-refractivity contribution is 6.27. The van der Waals surface area contributed by atoms with Crippen molar-refractivity contribution in [3.8, 4) is 5.75 Å². The molecule has 0 saturated heterocycles. The second-order valence-electron chi connectivity index (χ2n) is 8.77. The van der Waals surface area contributed by atoms with Gasteiger partial charge in [0.15, 0.2) is 6.04 Å². The van der Waals surface area contributed by atoms with E-state index in [2.05, 4.69) is 10.3 Å². The molecule has 0 fully saturated rings. The van der Waals surface area contributed by atoms with Crippen LogP contribution in [0.5, 0.6) is 5.75 Å². The number of anilines is 1. The zero-order valence-corrected chi connectivity index (χ0v) is 19.1. The van der Waals surface area contributed by atoms with Crippen LogP contribution < -0.4 is 15.0 Å². The van der Waals surface area contributed by atoms with E-state index < -0.39 is 11.6 Å². The Kier molecular flexibility index (Phi) is 5.96. The van der Waals surface area contributed by atoms with Gasteiger partial charge < -0.3 is 10.1 Å². The molecule has 2 amide bonds. The first kappa shape index (κ1) is 22.2. The number of pyridine rings is 1. The van der Waals surface area contributed by atoms with Gasteiger partial charge in [0.25, 0.3) is 5.91 Å². The van der Waals surface area contributed by atoms with Gasteiger partial charge in [-0.2, -0.15) is 0 Å². The molecule has 0 spiro atoms. The number of nitrogens with zero attached hydrogens (tertiary/aromatic N) is 3. The third-order valence-corrected chi connectivity index (χ3v) is 5.18. The minimum Gasteiger partial charge on any atom is -0.497 e. The van der Waals surface area contributed by atoms with Crippen LogP contribution in [-0.4, -0.2) is 41.2 Å². The number of methoxy groups -OCH3 is 1. The van der Waals surface area contributed by atoms with Gasteiger partial charge in [-0.1, -0.05) is 12.1 Å². The maximum atomic E-state index is 13.8. The summed E-state index contributed by atoms with van der Waals surface area (Å²) in [5.74, 6) is 0.0739. The molecular weight excluding hydrogens is 416 g/mol. The normalized spacial score (nSPS) is 15.3. The largest absolute Gasteiger partial charge is 0.497 e. The molecule has 33 heavy (non-hydrogen) atoms. The summed E-state index contributed by atoms with van der Waals surface area (Å²) >= 11 is 0.